The fourth-order valence-electron chi connectivity index (χ4n) is 3.34. The molecule has 2 aromatic carbocycles. The highest BCUT2D eigenvalue weighted by molar-refractivity contribution is 7.89. The van der Waals surface area contributed by atoms with Gasteiger partial charge >= 0.3 is 5.69 Å². The van der Waals surface area contributed by atoms with Crippen molar-refractivity contribution in [2.75, 3.05) is 13.1 Å². The van der Waals surface area contributed by atoms with E-state index >= 15 is 0 Å². The Hall–Kier alpha value is -2.45. The second-order valence-electron chi connectivity index (χ2n) is 6.27. The van der Waals surface area contributed by atoms with Crippen LogP contribution in [0.25, 0.3) is 10.8 Å². The van der Waals surface area contributed by atoms with Crippen LogP contribution in [0, 0.1) is 0 Å². The van der Waals surface area contributed by atoms with E-state index in [4.69, 9.17) is 0 Å². The molecular formula is C17H18N4O3S. The zero-order valence-electron chi connectivity index (χ0n) is 13.5. The first-order chi connectivity index (χ1) is 12.0. The summed E-state index contributed by atoms with van der Waals surface area (Å²) in [5, 5.41) is 8.20. The predicted octanol–water partition coefficient (Wildman–Crippen LogP) is 1.82. The summed E-state index contributed by atoms with van der Waals surface area (Å²) in [6.45, 7) is 0.788. The zero-order chi connectivity index (χ0) is 17.4. The first-order valence-electron chi connectivity index (χ1n) is 8.17. The summed E-state index contributed by atoms with van der Waals surface area (Å²) in [5.74, 6) is 0.409. The van der Waals surface area contributed by atoms with Crippen LogP contribution in [0.3, 0.4) is 0 Å². The molecule has 130 valence electrons. The van der Waals surface area contributed by atoms with Crippen molar-refractivity contribution in [3.8, 4) is 0 Å². The molecule has 0 radical (unpaired) electrons. The van der Waals surface area contributed by atoms with Gasteiger partial charge in [0.15, 0.2) is 0 Å². The number of sulfonamides is 1. The third-order valence-electron chi connectivity index (χ3n) is 4.65. The van der Waals surface area contributed by atoms with E-state index in [1.165, 1.54) is 4.31 Å². The standard InChI is InChI=1S/C17H18N4O3S/c22-17-18-16(19-20-17)14-6-3-9-21(11-14)25(23,24)15-8-7-12-4-1-2-5-13(12)10-15/h1-2,4-5,7-8,10,14H,3,6,9,11H2,(H2,18,19,20,22)/t14-/m1/s1. The lowest BCUT2D eigenvalue weighted by atomic mass is 9.99. The minimum atomic E-state index is -3.58. The van der Waals surface area contributed by atoms with Gasteiger partial charge in [-0.15, -0.1) is 0 Å². The van der Waals surface area contributed by atoms with Crippen molar-refractivity contribution in [2.45, 2.75) is 23.7 Å². The topological polar surface area (TPSA) is 98.9 Å². The summed E-state index contributed by atoms with van der Waals surface area (Å²) >= 11 is 0. The van der Waals surface area contributed by atoms with Crippen molar-refractivity contribution in [1.82, 2.24) is 19.5 Å². The van der Waals surface area contributed by atoms with Crippen molar-refractivity contribution in [2.24, 2.45) is 0 Å². The van der Waals surface area contributed by atoms with Gasteiger partial charge in [-0.1, -0.05) is 30.3 Å². The van der Waals surface area contributed by atoms with Gasteiger partial charge in [-0.3, -0.25) is 4.98 Å². The van der Waals surface area contributed by atoms with Crippen LogP contribution in [0.2, 0.25) is 0 Å². The molecular weight excluding hydrogens is 340 g/mol. The number of piperidine rings is 1. The van der Waals surface area contributed by atoms with Crippen molar-refractivity contribution in [3.05, 3.63) is 58.8 Å². The SMILES string of the molecule is O=c1[nH]nc([C@@H]2CCCN(S(=O)(=O)c3ccc4ccccc4c3)C2)[nH]1. The Morgan fingerprint density at radius 1 is 1.12 bits per heavy atom. The Bertz CT molecular complexity index is 1070. The number of benzene rings is 2. The molecule has 2 N–H and O–H groups in total. The number of aromatic amines is 2. The molecule has 1 aliphatic heterocycles. The summed E-state index contributed by atoms with van der Waals surface area (Å²) in [7, 11) is -3.58. The third kappa shape index (κ3) is 2.98. The highest BCUT2D eigenvalue weighted by Crippen LogP contribution is 2.29. The van der Waals surface area contributed by atoms with Gasteiger partial charge in [-0.05, 0) is 35.7 Å². The van der Waals surface area contributed by atoms with Gasteiger partial charge in [0, 0.05) is 19.0 Å². The first kappa shape index (κ1) is 16.0. The molecule has 0 amide bonds. The van der Waals surface area contributed by atoms with Gasteiger partial charge in [-0.2, -0.15) is 9.40 Å². The van der Waals surface area contributed by atoms with E-state index < -0.39 is 10.0 Å². The van der Waals surface area contributed by atoms with Crippen molar-refractivity contribution >= 4 is 20.8 Å². The number of fused-ring (bicyclic) bond motifs is 1. The van der Waals surface area contributed by atoms with Gasteiger partial charge in [0.1, 0.15) is 5.82 Å². The van der Waals surface area contributed by atoms with E-state index in [0.717, 1.165) is 23.6 Å². The van der Waals surface area contributed by atoms with Crippen LogP contribution in [0.5, 0.6) is 0 Å². The van der Waals surface area contributed by atoms with Gasteiger partial charge < -0.3 is 0 Å². The number of hydrogen-bond acceptors (Lipinski definition) is 4. The van der Waals surface area contributed by atoms with Gasteiger partial charge in [0.2, 0.25) is 10.0 Å². The molecule has 4 rings (SSSR count). The summed E-state index contributed by atoms with van der Waals surface area (Å²) in [5.41, 5.74) is -0.371. The Kier molecular flexibility index (Phi) is 3.93. The maximum Gasteiger partial charge on any atom is 0.340 e. The number of aromatic nitrogens is 3. The lowest BCUT2D eigenvalue weighted by Gasteiger charge is -2.30. The molecule has 0 bridgehead atoms. The second-order valence-corrected chi connectivity index (χ2v) is 8.21. The molecule has 0 saturated carbocycles. The lowest BCUT2D eigenvalue weighted by Crippen LogP contribution is -2.39. The van der Waals surface area contributed by atoms with E-state index in [9.17, 15) is 13.2 Å². The van der Waals surface area contributed by atoms with Crippen LogP contribution in [0.1, 0.15) is 24.6 Å². The summed E-state index contributed by atoms with van der Waals surface area (Å²) in [6.07, 6.45) is 1.52. The lowest BCUT2D eigenvalue weighted by molar-refractivity contribution is 0.309. The van der Waals surface area contributed by atoms with Crippen molar-refractivity contribution in [1.29, 1.82) is 0 Å². The first-order valence-corrected chi connectivity index (χ1v) is 9.61. The van der Waals surface area contributed by atoms with Gasteiger partial charge in [0.25, 0.3) is 0 Å². The highest BCUT2D eigenvalue weighted by Gasteiger charge is 2.32. The molecule has 8 heteroatoms. The third-order valence-corrected chi connectivity index (χ3v) is 6.51. The van der Waals surface area contributed by atoms with Crippen LogP contribution in [-0.2, 0) is 10.0 Å². The maximum atomic E-state index is 13.0. The molecule has 25 heavy (non-hydrogen) atoms. The number of nitrogens with one attached hydrogen (secondary N) is 2. The molecule has 1 saturated heterocycles. The van der Waals surface area contributed by atoms with Crippen LogP contribution >= 0.6 is 0 Å². The van der Waals surface area contributed by atoms with E-state index in [1.807, 2.05) is 30.3 Å². The van der Waals surface area contributed by atoms with Gasteiger partial charge in [-0.25, -0.2) is 18.3 Å². The summed E-state index contributed by atoms with van der Waals surface area (Å²) < 4.78 is 27.6. The zero-order valence-corrected chi connectivity index (χ0v) is 14.3. The number of nitrogens with zero attached hydrogens (tertiary/aromatic N) is 2. The van der Waals surface area contributed by atoms with Crippen molar-refractivity contribution in [3.63, 3.8) is 0 Å². The molecule has 1 aromatic heterocycles. The average Bonchev–Trinajstić information content (AvgIpc) is 3.08. The predicted molar refractivity (Wildman–Crippen MR) is 93.9 cm³/mol. The number of hydrogen-bond donors (Lipinski definition) is 2. The van der Waals surface area contributed by atoms with Crippen molar-refractivity contribution < 1.29 is 8.42 Å². The Balaban J connectivity index is 1.65. The van der Waals surface area contributed by atoms with E-state index in [0.29, 0.717) is 23.8 Å². The minimum Gasteiger partial charge on any atom is -0.293 e. The minimum absolute atomic E-state index is 0.108. The Morgan fingerprint density at radius 2 is 1.92 bits per heavy atom. The molecule has 7 nitrogen and oxygen atoms in total. The summed E-state index contributed by atoms with van der Waals surface area (Å²) in [4.78, 5) is 14.2. The van der Waals surface area contributed by atoms with Gasteiger partial charge in [0.05, 0.1) is 4.90 Å². The second kappa shape index (κ2) is 6.12. The fraction of sp³-hybridized carbons (Fsp3) is 0.294. The molecule has 0 aliphatic carbocycles. The largest absolute Gasteiger partial charge is 0.340 e. The van der Waals surface area contributed by atoms with Crippen LogP contribution in [0.15, 0.2) is 52.2 Å². The Morgan fingerprint density at radius 3 is 2.68 bits per heavy atom. The van der Waals surface area contributed by atoms with E-state index in [-0.39, 0.29) is 11.6 Å². The smallest absolute Gasteiger partial charge is 0.293 e. The molecule has 0 unspecified atom stereocenters. The average molecular weight is 358 g/mol. The number of H-pyrrole nitrogens is 2. The maximum absolute atomic E-state index is 13.0. The van der Waals surface area contributed by atoms with E-state index in [1.54, 1.807) is 12.1 Å². The monoisotopic (exact) mass is 358 g/mol. The quantitative estimate of drug-likeness (QED) is 0.746. The molecule has 1 aliphatic rings. The Labute approximate surface area is 144 Å². The van der Waals surface area contributed by atoms with Crippen LogP contribution < -0.4 is 5.69 Å². The molecule has 1 atom stereocenters. The molecule has 0 spiro atoms. The van der Waals surface area contributed by atoms with Crippen LogP contribution in [0.4, 0.5) is 0 Å². The van der Waals surface area contributed by atoms with Crippen LogP contribution in [-0.4, -0.2) is 41.0 Å². The summed E-state index contributed by atoms with van der Waals surface area (Å²) in [6, 6.07) is 12.9. The molecule has 2 heterocycles. The van der Waals surface area contributed by atoms with E-state index in [2.05, 4.69) is 15.2 Å². The molecule has 1 fully saturated rings. The number of rotatable bonds is 3. The molecule has 3 aromatic rings. The normalized spacial score (nSPS) is 19.3. The fourth-order valence-corrected chi connectivity index (χ4v) is 4.90. The highest BCUT2D eigenvalue weighted by atomic mass is 32.2.